The number of β-lactam (4-membered cyclic amide) rings is 1. The lowest BCUT2D eigenvalue weighted by molar-refractivity contribution is -0.149. The molecule has 166 valence electrons. The molecule has 2 heterocycles. The van der Waals surface area contributed by atoms with Gasteiger partial charge in [-0.05, 0) is 48.0 Å². The molecule has 0 radical (unpaired) electrons. The van der Waals surface area contributed by atoms with E-state index in [1.165, 1.54) is 16.3 Å². The van der Waals surface area contributed by atoms with E-state index in [0.717, 1.165) is 14.7 Å². The SMILES string of the molecule is O=C(NN1C(=O)C(Cl)C1c1cccc(Br)c1)c1sc2ccc(Oc3ccccc3)cc2c1Cl. The standard InChI is InChI=1S/C24H15BrCl2N2O3S/c25-14-6-4-5-13(11-14)21-20(27)24(31)29(21)28-23(30)22-19(26)17-12-16(9-10-18(17)33-22)32-15-7-2-1-3-8-15/h1-12,20-21H,(H,28,30). The molecular formula is C24H15BrCl2N2O3S. The Bertz CT molecular complexity index is 1380. The van der Waals surface area contributed by atoms with Crippen molar-refractivity contribution in [3.8, 4) is 11.5 Å². The van der Waals surface area contributed by atoms with Crippen molar-refractivity contribution in [1.82, 2.24) is 10.4 Å². The number of alkyl halides is 1. The summed E-state index contributed by atoms with van der Waals surface area (Å²) in [7, 11) is 0. The summed E-state index contributed by atoms with van der Waals surface area (Å²) in [5, 5.41) is 1.51. The molecule has 9 heteroatoms. The van der Waals surface area contributed by atoms with Crippen LogP contribution in [-0.4, -0.2) is 22.2 Å². The Kier molecular flexibility index (Phi) is 6.05. The van der Waals surface area contributed by atoms with Crippen LogP contribution in [-0.2, 0) is 4.79 Å². The molecule has 2 atom stereocenters. The van der Waals surface area contributed by atoms with Crippen molar-refractivity contribution in [3.63, 3.8) is 0 Å². The first-order valence-electron chi connectivity index (χ1n) is 9.91. The van der Waals surface area contributed by atoms with Crippen LogP contribution in [0.5, 0.6) is 11.5 Å². The third-order valence-corrected chi connectivity index (χ3v) is 7.82. The molecule has 1 fully saturated rings. The fraction of sp³-hybridized carbons (Fsp3) is 0.0833. The predicted molar refractivity (Wildman–Crippen MR) is 134 cm³/mol. The van der Waals surface area contributed by atoms with Gasteiger partial charge in [-0.15, -0.1) is 22.9 Å². The van der Waals surface area contributed by atoms with Gasteiger partial charge in [0.1, 0.15) is 27.8 Å². The molecule has 0 bridgehead atoms. The molecule has 5 nitrogen and oxygen atoms in total. The van der Waals surface area contributed by atoms with Crippen LogP contribution in [0.1, 0.15) is 21.3 Å². The molecule has 0 saturated carbocycles. The predicted octanol–water partition coefficient (Wildman–Crippen LogP) is 6.95. The number of hydrazine groups is 1. The van der Waals surface area contributed by atoms with Gasteiger partial charge in [-0.25, -0.2) is 5.01 Å². The summed E-state index contributed by atoms with van der Waals surface area (Å²) < 4.78 is 7.56. The van der Waals surface area contributed by atoms with Gasteiger partial charge in [0.05, 0.1) is 5.02 Å². The fourth-order valence-electron chi connectivity index (χ4n) is 3.63. The summed E-state index contributed by atoms with van der Waals surface area (Å²) in [4.78, 5) is 25.7. The van der Waals surface area contributed by atoms with Crippen LogP contribution in [0.3, 0.4) is 0 Å². The zero-order valence-electron chi connectivity index (χ0n) is 16.8. The number of fused-ring (bicyclic) bond motifs is 1. The molecule has 33 heavy (non-hydrogen) atoms. The Morgan fingerprint density at radius 1 is 1.03 bits per heavy atom. The number of hydrogen-bond donors (Lipinski definition) is 1. The number of carbonyl (C=O) groups excluding carboxylic acids is 2. The van der Waals surface area contributed by atoms with Crippen molar-refractivity contribution < 1.29 is 14.3 Å². The quantitative estimate of drug-likeness (QED) is 0.212. The Labute approximate surface area is 212 Å². The highest BCUT2D eigenvalue weighted by Gasteiger charge is 2.48. The van der Waals surface area contributed by atoms with Crippen molar-refractivity contribution >= 4 is 72.4 Å². The van der Waals surface area contributed by atoms with Crippen LogP contribution < -0.4 is 10.2 Å². The first-order chi connectivity index (χ1) is 15.9. The molecule has 5 rings (SSSR count). The van der Waals surface area contributed by atoms with Gasteiger partial charge in [0.15, 0.2) is 0 Å². The summed E-state index contributed by atoms with van der Waals surface area (Å²) in [6.07, 6.45) is 0. The zero-order valence-corrected chi connectivity index (χ0v) is 20.7. The maximum Gasteiger partial charge on any atom is 0.281 e. The number of carbonyl (C=O) groups is 2. The zero-order chi connectivity index (χ0) is 23.1. The van der Waals surface area contributed by atoms with Crippen molar-refractivity contribution in [3.05, 3.63) is 92.7 Å². The second-order valence-electron chi connectivity index (χ2n) is 7.37. The molecule has 0 aliphatic carbocycles. The summed E-state index contributed by atoms with van der Waals surface area (Å²) >= 11 is 17.5. The van der Waals surface area contributed by atoms with Crippen molar-refractivity contribution in [2.24, 2.45) is 0 Å². The molecule has 2 unspecified atom stereocenters. The summed E-state index contributed by atoms with van der Waals surface area (Å²) in [5.74, 6) is 0.471. The topological polar surface area (TPSA) is 58.6 Å². The smallest absolute Gasteiger partial charge is 0.281 e. The van der Waals surface area contributed by atoms with E-state index in [2.05, 4.69) is 21.4 Å². The Balaban J connectivity index is 1.39. The van der Waals surface area contributed by atoms with Gasteiger partial charge in [-0.1, -0.05) is 57.9 Å². The van der Waals surface area contributed by atoms with E-state index in [1.54, 1.807) is 6.07 Å². The number of para-hydroxylation sites is 1. The first-order valence-corrected chi connectivity index (χ1v) is 12.3. The van der Waals surface area contributed by atoms with Crippen LogP contribution in [0.4, 0.5) is 0 Å². The lowest BCUT2D eigenvalue weighted by Gasteiger charge is -2.43. The Hall–Kier alpha value is -2.58. The molecule has 3 aromatic carbocycles. The average molecular weight is 562 g/mol. The fourth-order valence-corrected chi connectivity index (χ4v) is 5.79. The summed E-state index contributed by atoms with van der Waals surface area (Å²) in [5.41, 5.74) is 3.49. The Morgan fingerprint density at radius 3 is 2.58 bits per heavy atom. The molecule has 0 spiro atoms. The van der Waals surface area contributed by atoms with Gasteiger partial charge in [-0.3, -0.25) is 15.0 Å². The molecule has 1 aliphatic rings. The second-order valence-corrected chi connectivity index (χ2v) is 10.2. The van der Waals surface area contributed by atoms with Gasteiger partial charge < -0.3 is 4.74 Å². The molecule has 1 saturated heterocycles. The van der Waals surface area contributed by atoms with E-state index in [9.17, 15) is 9.59 Å². The number of halogens is 3. The highest BCUT2D eigenvalue weighted by Crippen LogP contribution is 2.40. The van der Waals surface area contributed by atoms with Crippen LogP contribution in [0.2, 0.25) is 5.02 Å². The minimum atomic E-state index is -0.754. The Morgan fingerprint density at radius 2 is 1.82 bits per heavy atom. The maximum absolute atomic E-state index is 13.0. The summed E-state index contributed by atoms with van der Waals surface area (Å²) in [6, 6.07) is 21.9. The lowest BCUT2D eigenvalue weighted by atomic mass is 9.95. The van der Waals surface area contributed by atoms with Crippen LogP contribution in [0.25, 0.3) is 10.1 Å². The maximum atomic E-state index is 13.0. The minimum Gasteiger partial charge on any atom is -0.457 e. The number of hydrogen-bond acceptors (Lipinski definition) is 4. The van der Waals surface area contributed by atoms with Gasteiger partial charge in [-0.2, -0.15) is 0 Å². The normalized spacial score (nSPS) is 17.7. The number of nitrogens with one attached hydrogen (secondary N) is 1. The molecule has 1 aromatic heterocycles. The largest absolute Gasteiger partial charge is 0.457 e. The van der Waals surface area contributed by atoms with Crippen molar-refractivity contribution in [2.45, 2.75) is 11.4 Å². The molecular weight excluding hydrogens is 547 g/mol. The molecule has 1 aliphatic heterocycles. The monoisotopic (exact) mass is 560 g/mol. The van der Waals surface area contributed by atoms with Gasteiger partial charge >= 0.3 is 0 Å². The number of rotatable bonds is 5. The summed E-state index contributed by atoms with van der Waals surface area (Å²) in [6.45, 7) is 0. The highest BCUT2D eigenvalue weighted by atomic mass is 79.9. The van der Waals surface area contributed by atoms with Crippen molar-refractivity contribution in [1.29, 1.82) is 0 Å². The van der Waals surface area contributed by atoms with E-state index < -0.39 is 17.3 Å². The number of nitrogens with zero attached hydrogens (tertiary/aromatic N) is 1. The van der Waals surface area contributed by atoms with E-state index in [4.69, 9.17) is 27.9 Å². The van der Waals surface area contributed by atoms with E-state index in [-0.39, 0.29) is 5.91 Å². The molecule has 1 N–H and O–H groups in total. The average Bonchev–Trinajstić information content (AvgIpc) is 3.15. The second kappa shape index (κ2) is 8.99. The third-order valence-electron chi connectivity index (χ3n) is 5.22. The third kappa shape index (κ3) is 4.22. The van der Waals surface area contributed by atoms with Gasteiger partial charge in [0.2, 0.25) is 0 Å². The van der Waals surface area contributed by atoms with Crippen molar-refractivity contribution in [2.75, 3.05) is 0 Å². The van der Waals surface area contributed by atoms with Crippen LogP contribution in [0.15, 0.2) is 77.3 Å². The van der Waals surface area contributed by atoms with Gasteiger partial charge in [0.25, 0.3) is 11.8 Å². The minimum absolute atomic E-state index is 0.306. The van der Waals surface area contributed by atoms with E-state index in [0.29, 0.717) is 26.8 Å². The number of benzene rings is 3. The lowest BCUT2D eigenvalue weighted by Crippen LogP contribution is -2.63. The first kappa shape index (κ1) is 22.2. The molecule has 2 amide bonds. The van der Waals surface area contributed by atoms with Crippen LogP contribution in [0, 0.1) is 0 Å². The highest BCUT2D eigenvalue weighted by molar-refractivity contribution is 9.10. The number of thiophene rings is 1. The number of amides is 2. The van der Waals surface area contributed by atoms with Gasteiger partial charge in [0, 0.05) is 14.6 Å². The number of ether oxygens (including phenoxy) is 1. The van der Waals surface area contributed by atoms with E-state index in [1.807, 2.05) is 66.7 Å². The van der Waals surface area contributed by atoms with E-state index >= 15 is 0 Å². The molecule has 4 aromatic rings. The van der Waals surface area contributed by atoms with Crippen LogP contribution >= 0.6 is 50.5 Å².